The van der Waals surface area contributed by atoms with E-state index in [-0.39, 0.29) is 17.0 Å². The Morgan fingerprint density at radius 2 is 1.91 bits per heavy atom. The van der Waals surface area contributed by atoms with E-state index in [2.05, 4.69) is 21.0 Å². The van der Waals surface area contributed by atoms with Crippen LogP contribution < -0.4 is 10.3 Å². The van der Waals surface area contributed by atoms with E-state index in [4.69, 9.17) is 4.74 Å². The number of aromatic nitrogens is 2. The lowest BCUT2D eigenvalue weighted by atomic mass is 10.1. The first-order valence-corrected chi connectivity index (χ1v) is 7.40. The summed E-state index contributed by atoms with van der Waals surface area (Å²) in [7, 11) is 1.44. The number of aryl methyl sites for hydroxylation is 1. The second-order valence-corrected chi connectivity index (χ2v) is 5.70. The maximum absolute atomic E-state index is 13.8. The molecule has 1 aromatic heterocycles. The van der Waals surface area contributed by atoms with Gasteiger partial charge < -0.3 is 4.74 Å². The fourth-order valence-corrected chi connectivity index (χ4v) is 2.49. The molecule has 0 amide bonds. The molecule has 23 heavy (non-hydrogen) atoms. The van der Waals surface area contributed by atoms with Crippen LogP contribution in [0.1, 0.15) is 10.5 Å². The minimum atomic E-state index is -0.835. The minimum Gasteiger partial charge on any atom is -0.419 e. The topological polar surface area (TPSA) is 61.2 Å². The summed E-state index contributed by atoms with van der Waals surface area (Å²) < 4.78 is 20.5. The molecule has 2 aromatic carbocycles. The van der Waals surface area contributed by atoms with Crippen molar-refractivity contribution in [1.29, 1.82) is 0 Å². The van der Waals surface area contributed by atoms with Crippen molar-refractivity contribution in [3.05, 3.63) is 68.8 Å². The lowest BCUT2D eigenvalue weighted by molar-refractivity contribution is 0.0721. The highest BCUT2D eigenvalue weighted by atomic mass is 79.9. The Morgan fingerprint density at radius 3 is 2.61 bits per heavy atom. The van der Waals surface area contributed by atoms with Crippen molar-refractivity contribution >= 4 is 32.7 Å². The average molecular weight is 377 g/mol. The summed E-state index contributed by atoms with van der Waals surface area (Å²) >= 11 is 3.13. The molecule has 3 aromatic rings. The summed E-state index contributed by atoms with van der Waals surface area (Å²) in [5, 5.41) is 4.64. The third-order valence-electron chi connectivity index (χ3n) is 3.25. The molecule has 0 unspecified atom stereocenters. The molecule has 116 valence electrons. The number of esters is 1. The van der Waals surface area contributed by atoms with Gasteiger partial charge in [-0.1, -0.05) is 34.1 Å². The lowest BCUT2D eigenvalue weighted by Crippen LogP contribution is -2.24. The number of ether oxygens (including phenoxy) is 1. The molecule has 5 nitrogen and oxygen atoms in total. The van der Waals surface area contributed by atoms with Gasteiger partial charge in [0.15, 0.2) is 17.3 Å². The van der Waals surface area contributed by atoms with E-state index in [1.54, 1.807) is 30.3 Å². The van der Waals surface area contributed by atoms with Crippen LogP contribution in [-0.4, -0.2) is 15.7 Å². The molecule has 0 atom stereocenters. The van der Waals surface area contributed by atoms with Crippen LogP contribution in [0.25, 0.3) is 10.8 Å². The number of rotatable bonds is 2. The molecule has 0 saturated heterocycles. The summed E-state index contributed by atoms with van der Waals surface area (Å²) in [5.41, 5.74) is -0.378. The van der Waals surface area contributed by atoms with Gasteiger partial charge in [0.25, 0.3) is 5.56 Å². The van der Waals surface area contributed by atoms with Crippen molar-refractivity contribution in [3.63, 3.8) is 0 Å². The van der Waals surface area contributed by atoms with Crippen LogP contribution in [0.4, 0.5) is 4.39 Å². The van der Waals surface area contributed by atoms with Crippen LogP contribution >= 0.6 is 15.9 Å². The summed E-state index contributed by atoms with van der Waals surface area (Å²) in [4.78, 5) is 24.4. The molecule has 0 aliphatic rings. The van der Waals surface area contributed by atoms with Crippen molar-refractivity contribution in [1.82, 2.24) is 9.78 Å². The maximum atomic E-state index is 13.8. The van der Waals surface area contributed by atoms with Gasteiger partial charge in [-0.05, 0) is 24.3 Å². The number of fused-ring (bicyclic) bond motifs is 1. The molecular formula is C16H10BrFN2O3. The molecular weight excluding hydrogens is 367 g/mol. The summed E-state index contributed by atoms with van der Waals surface area (Å²) in [5.74, 6) is -1.72. The summed E-state index contributed by atoms with van der Waals surface area (Å²) in [6, 6.07) is 10.6. The highest BCUT2D eigenvalue weighted by molar-refractivity contribution is 9.10. The zero-order valence-corrected chi connectivity index (χ0v) is 13.5. The zero-order chi connectivity index (χ0) is 16.6. The minimum absolute atomic E-state index is 0.0509. The summed E-state index contributed by atoms with van der Waals surface area (Å²) in [6.45, 7) is 0. The molecule has 0 N–H and O–H groups in total. The predicted octanol–water partition coefficient (Wildman–Crippen LogP) is 3.05. The molecule has 0 aliphatic heterocycles. The largest absolute Gasteiger partial charge is 0.419 e. The lowest BCUT2D eigenvalue weighted by Gasteiger charge is -2.08. The Balaban J connectivity index is 2.08. The highest BCUT2D eigenvalue weighted by Gasteiger charge is 2.19. The molecule has 0 radical (unpaired) electrons. The van der Waals surface area contributed by atoms with Crippen molar-refractivity contribution in [2.45, 2.75) is 0 Å². The van der Waals surface area contributed by atoms with E-state index in [1.807, 2.05) is 0 Å². The van der Waals surface area contributed by atoms with Gasteiger partial charge in [0, 0.05) is 16.9 Å². The normalized spacial score (nSPS) is 10.7. The first-order chi connectivity index (χ1) is 11.0. The van der Waals surface area contributed by atoms with Crippen molar-refractivity contribution in [2.75, 3.05) is 0 Å². The van der Waals surface area contributed by atoms with Crippen LogP contribution in [0, 0.1) is 5.82 Å². The van der Waals surface area contributed by atoms with Gasteiger partial charge in [0.1, 0.15) is 0 Å². The molecule has 0 spiro atoms. The second kappa shape index (κ2) is 5.92. The number of nitrogens with zero attached hydrogens (tertiary/aromatic N) is 2. The fraction of sp³-hybridized carbons (Fsp3) is 0.0625. The molecule has 3 rings (SSSR count). The van der Waals surface area contributed by atoms with E-state index in [9.17, 15) is 14.0 Å². The van der Waals surface area contributed by atoms with Gasteiger partial charge >= 0.3 is 5.97 Å². The number of carbonyl (C=O) groups is 1. The number of carbonyl (C=O) groups excluding carboxylic acids is 1. The molecule has 1 heterocycles. The first kappa shape index (κ1) is 15.4. The van der Waals surface area contributed by atoms with E-state index in [1.165, 1.54) is 19.2 Å². The third kappa shape index (κ3) is 2.87. The van der Waals surface area contributed by atoms with Crippen molar-refractivity contribution in [2.24, 2.45) is 7.05 Å². The predicted molar refractivity (Wildman–Crippen MR) is 86.0 cm³/mol. The molecule has 0 bridgehead atoms. The number of benzene rings is 2. The van der Waals surface area contributed by atoms with Gasteiger partial charge in [0.05, 0.1) is 5.39 Å². The van der Waals surface area contributed by atoms with Crippen LogP contribution in [0.3, 0.4) is 0 Å². The average Bonchev–Trinajstić information content (AvgIpc) is 2.53. The summed E-state index contributed by atoms with van der Waals surface area (Å²) in [6.07, 6.45) is 0. The van der Waals surface area contributed by atoms with Gasteiger partial charge in [-0.3, -0.25) is 4.79 Å². The Morgan fingerprint density at radius 1 is 1.22 bits per heavy atom. The number of hydrogen-bond acceptors (Lipinski definition) is 4. The van der Waals surface area contributed by atoms with Crippen molar-refractivity contribution in [3.8, 4) is 5.75 Å². The number of halogens is 2. The molecule has 7 heteroatoms. The SMILES string of the molecule is Cn1nc(C(=O)Oc2ccc(Br)cc2F)c2ccccc2c1=O. The van der Waals surface area contributed by atoms with Crippen LogP contribution in [0.5, 0.6) is 5.75 Å². The molecule has 0 saturated carbocycles. The third-order valence-corrected chi connectivity index (χ3v) is 3.74. The van der Waals surface area contributed by atoms with Crippen LogP contribution in [-0.2, 0) is 7.05 Å². The van der Waals surface area contributed by atoms with Gasteiger partial charge in [0.2, 0.25) is 0 Å². The standard InChI is InChI=1S/C16H10BrFN2O3/c1-20-15(21)11-5-3-2-4-10(11)14(19-20)16(22)23-13-7-6-9(17)8-12(13)18/h2-8H,1H3. The van der Waals surface area contributed by atoms with Crippen molar-refractivity contribution < 1.29 is 13.9 Å². The molecule has 0 fully saturated rings. The smallest absolute Gasteiger partial charge is 0.364 e. The van der Waals surface area contributed by atoms with E-state index in [0.29, 0.717) is 15.2 Å². The maximum Gasteiger partial charge on any atom is 0.364 e. The van der Waals surface area contributed by atoms with Gasteiger partial charge in [-0.25, -0.2) is 13.9 Å². The second-order valence-electron chi connectivity index (χ2n) is 4.79. The van der Waals surface area contributed by atoms with Crippen LogP contribution in [0.2, 0.25) is 0 Å². The Hall–Kier alpha value is -2.54. The zero-order valence-electron chi connectivity index (χ0n) is 11.9. The quantitative estimate of drug-likeness (QED) is 0.509. The van der Waals surface area contributed by atoms with Gasteiger partial charge in [-0.2, -0.15) is 5.10 Å². The van der Waals surface area contributed by atoms with Gasteiger partial charge in [-0.15, -0.1) is 0 Å². The highest BCUT2D eigenvalue weighted by Crippen LogP contribution is 2.23. The van der Waals surface area contributed by atoms with Crippen LogP contribution in [0.15, 0.2) is 51.7 Å². The number of hydrogen-bond donors (Lipinski definition) is 0. The molecule has 0 aliphatic carbocycles. The van der Waals surface area contributed by atoms with E-state index < -0.39 is 11.8 Å². The Labute approximate surface area is 138 Å². The fourth-order valence-electron chi connectivity index (χ4n) is 2.16. The monoisotopic (exact) mass is 376 g/mol. The van der Waals surface area contributed by atoms with E-state index in [0.717, 1.165) is 4.68 Å². The first-order valence-electron chi connectivity index (χ1n) is 6.60. The Kier molecular flexibility index (Phi) is 3.96. The van der Waals surface area contributed by atoms with E-state index >= 15 is 0 Å². The Bertz CT molecular complexity index is 985.